The van der Waals surface area contributed by atoms with Crippen LogP contribution in [0.15, 0.2) is 109 Å². The zero-order valence-electron chi connectivity index (χ0n) is 23.0. The second-order valence-electron chi connectivity index (χ2n) is 11.1. The molecular formula is C39H31. The zero-order chi connectivity index (χ0) is 26.7. The number of benzene rings is 5. The lowest BCUT2D eigenvalue weighted by Gasteiger charge is -2.22. The highest BCUT2D eigenvalue weighted by molar-refractivity contribution is 5.88. The first-order valence-corrected chi connectivity index (χ1v) is 13.8. The van der Waals surface area contributed by atoms with Gasteiger partial charge in [-0.3, -0.25) is 0 Å². The SMILES string of the molecule is CC1=Cc2ccc(C)cc2C1c1c(C)c(=C(c2ccccc2)c2ccccc2)cc2c1=[C]c1cc(C)ccc1-2. The summed E-state index contributed by atoms with van der Waals surface area (Å²) < 4.78 is 0. The third-order valence-electron chi connectivity index (χ3n) is 8.44. The molecule has 39 heavy (non-hydrogen) atoms. The second kappa shape index (κ2) is 9.10. The predicted molar refractivity (Wildman–Crippen MR) is 164 cm³/mol. The van der Waals surface area contributed by atoms with E-state index in [9.17, 15) is 0 Å². The number of hydrogen-bond acceptors (Lipinski definition) is 0. The van der Waals surface area contributed by atoms with Crippen LogP contribution in [0.1, 0.15) is 62.9 Å². The maximum absolute atomic E-state index is 3.88. The molecule has 0 fully saturated rings. The van der Waals surface area contributed by atoms with E-state index in [1.54, 1.807) is 0 Å². The summed E-state index contributed by atoms with van der Waals surface area (Å²) in [5.41, 5.74) is 17.0. The molecule has 2 aliphatic rings. The third-order valence-corrected chi connectivity index (χ3v) is 8.44. The minimum atomic E-state index is 0.212. The number of aryl methyl sites for hydroxylation is 2. The van der Waals surface area contributed by atoms with Crippen LogP contribution in [0.25, 0.3) is 28.9 Å². The fourth-order valence-corrected chi connectivity index (χ4v) is 6.62. The van der Waals surface area contributed by atoms with Gasteiger partial charge in [0.2, 0.25) is 0 Å². The summed E-state index contributed by atoms with van der Waals surface area (Å²) in [5, 5.41) is 2.55. The van der Waals surface area contributed by atoms with Crippen molar-refractivity contribution in [2.75, 3.05) is 0 Å². The van der Waals surface area contributed by atoms with Crippen LogP contribution in [0, 0.1) is 20.8 Å². The van der Waals surface area contributed by atoms with E-state index in [0.717, 1.165) is 0 Å². The summed E-state index contributed by atoms with van der Waals surface area (Å²) in [4.78, 5) is 0. The molecule has 187 valence electrons. The molecule has 0 bridgehead atoms. The Bertz CT molecular complexity index is 1880. The molecule has 0 saturated carbocycles. The Labute approximate surface area is 231 Å². The van der Waals surface area contributed by atoms with Crippen molar-refractivity contribution in [2.45, 2.75) is 33.6 Å². The highest BCUT2D eigenvalue weighted by Gasteiger charge is 2.30. The molecular weight excluding hydrogens is 468 g/mol. The molecule has 1 atom stereocenters. The lowest BCUT2D eigenvalue weighted by Crippen LogP contribution is -2.26. The van der Waals surface area contributed by atoms with Crippen LogP contribution < -0.4 is 10.4 Å². The van der Waals surface area contributed by atoms with Gasteiger partial charge in [-0.15, -0.1) is 0 Å². The molecule has 5 aromatic rings. The minimum Gasteiger partial charge on any atom is -0.0622 e. The highest BCUT2D eigenvalue weighted by atomic mass is 14.3. The molecule has 0 amide bonds. The summed E-state index contributed by atoms with van der Waals surface area (Å²) in [6.07, 6.45) is 6.26. The Hall–Kier alpha value is -4.42. The van der Waals surface area contributed by atoms with Gasteiger partial charge in [-0.2, -0.15) is 0 Å². The maximum Gasteiger partial charge on any atom is 0.0314 e. The van der Waals surface area contributed by atoms with Crippen LogP contribution in [0.5, 0.6) is 0 Å². The molecule has 0 nitrogen and oxygen atoms in total. The van der Waals surface area contributed by atoms with Crippen molar-refractivity contribution < 1.29 is 0 Å². The van der Waals surface area contributed by atoms with Gasteiger partial charge in [0.15, 0.2) is 0 Å². The molecule has 1 radical (unpaired) electrons. The first-order chi connectivity index (χ1) is 19.0. The predicted octanol–water partition coefficient (Wildman–Crippen LogP) is 8.09. The first-order valence-electron chi connectivity index (χ1n) is 13.8. The number of rotatable bonds is 3. The molecule has 2 aliphatic carbocycles. The van der Waals surface area contributed by atoms with E-state index in [0.29, 0.717) is 0 Å². The van der Waals surface area contributed by atoms with E-state index in [1.807, 2.05) is 0 Å². The van der Waals surface area contributed by atoms with E-state index in [4.69, 9.17) is 0 Å². The molecule has 0 heterocycles. The molecule has 7 rings (SSSR count). The fraction of sp³-hybridized carbons (Fsp3) is 0.128. The molecule has 5 aromatic carbocycles. The van der Waals surface area contributed by atoms with Crippen LogP contribution in [0.3, 0.4) is 0 Å². The Morgan fingerprint density at radius 2 is 1.28 bits per heavy atom. The smallest absolute Gasteiger partial charge is 0.0314 e. The molecule has 0 heteroatoms. The number of hydrogen-bond donors (Lipinski definition) is 0. The van der Waals surface area contributed by atoms with Crippen molar-refractivity contribution in [3.8, 4) is 11.1 Å². The van der Waals surface area contributed by atoms with E-state index < -0.39 is 0 Å². The summed E-state index contributed by atoms with van der Waals surface area (Å²) in [6.45, 7) is 8.99. The second-order valence-corrected chi connectivity index (χ2v) is 11.1. The monoisotopic (exact) mass is 499 g/mol. The van der Waals surface area contributed by atoms with Gasteiger partial charge in [0.1, 0.15) is 0 Å². The third kappa shape index (κ3) is 3.82. The lowest BCUT2D eigenvalue weighted by atomic mass is 9.81. The largest absolute Gasteiger partial charge is 0.0622 e. The van der Waals surface area contributed by atoms with Crippen LogP contribution >= 0.6 is 0 Å². The molecule has 0 aliphatic heterocycles. The van der Waals surface area contributed by atoms with Gasteiger partial charge in [-0.25, -0.2) is 0 Å². The van der Waals surface area contributed by atoms with Crippen LogP contribution in [-0.4, -0.2) is 0 Å². The van der Waals surface area contributed by atoms with Crippen molar-refractivity contribution in [3.05, 3.63) is 169 Å². The average molecular weight is 500 g/mol. The lowest BCUT2D eigenvalue weighted by molar-refractivity contribution is 0.946. The van der Waals surface area contributed by atoms with Gasteiger partial charge < -0.3 is 0 Å². The molecule has 0 saturated heterocycles. The Morgan fingerprint density at radius 1 is 0.641 bits per heavy atom. The van der Waals surface area contributed by atoms with E-state index in [-0.39, 0.29) is 5.92 Å². The fourth-order valence-electron chi connectivity index (χ4n) is 6.62. The van der Waals surface area contributed by atoms with Crippen molar-refractivity contribution >= 4 is 17.7 Å². The van der Waals surface area contributed by atoms with Crippen LogP contribution in [0.4, 0.5) is 0 Å². The van der Waals surface area contributed by atoms with Gasteiger partial charge in [0.25, 0.3) is 0 Å². The van der Waals surface area contributed by atoms with Gasteiger partial charge >= 0.3 is 0 Å². The quantitative estimate of drug-likeness (QED) is 0.231. The number of allylic oxidation sites excluding steroid dienone is 1. The Morgan fingerprint density at radius 3 is 1.97 bits per heavy atom. The first kappa shape index (κ1) is 23.7. The number of fused-ring (bicyclic) bond motifs is 4. The van der Waals surface area contributed by atoms with Gasteiger partial charge in [0, 0.05) is 5.92 Å². The normalized spacial score (nSPS) is 14.8. The summed E-state index contributed by atoms with van der Waals surface area (Å²) >= 11 is 0. The minimum absolute atomic E-state index is 0.212. The van der Waals surface area contributed by atoms with Crippen molar-refractivity contribution in [2.24, 2.45) is 0 Å². The van der Waals surface area contributed by atoms with Crippen LogP contribution in [-0.2, 0) is 0 Å². The standard InChI is InChI=1S/C39H31/c1-24-16-18-32-31(19-24)22-36-35(32)23-33(39(28-11-7-5-8-12-28)29-13-9-6-10-14-29)27(4)38(36)37-26(3)21-30-17-15-25(2)20-34(30)37/h5-21,23,37H,1-4H3. The van der Waals surface area contributed by atoms with Crippen molar-refractivity contribution in [1.29, 1.82) is 0 Å². The molecule has 0 N–H and O–H groups in total. The Balaban J connectivity index is 1.65. The average Bonchev–Trinajstić information content (AvgIpc) is 3.46. The van der Waals surface area contributed by atoms with Crippen molar-refractivity contribution in [1.82, 2.24) is 0 Å². The summed E-state index contributed by atoms with van der Waals surface area (Å²) in [7, 11) is 0. The van der Waals surface area contributed by atoms with E-state index >= 15 is 0 Å². The van der Waals surface area contributed by atoms with Gasteiger partial charge in [0.05, 0.1) is 0 Å². The molecule has 0 aromatic heterocycles. The van der Waals surface area contributed by atoms with Gasteiger partial charge in [-0.1, -0.05) is 120 Å². The van der Waals surface area contributed by atoms with Crippen LogP contribution in [0.2, 0.25) is 0 Å². The zero-order valence-corrected chi connectivity index (χ0v) is 23.0. The van der Waals surface area contributed by atoms with E-state index in [2.05, 4.69) is 143 Å². The Kier molecular flexibility index (Phi) is 5.53. The topological polar surface area (TPSA) is 0 Å². The molecule has 0 spiro atoms. The highest BCUT2D eigenvalue weighted by Crippen LogP contribution is 2.42. The maximum atomic E-state index is 3.88. The molecule has 1 unspecified atom stereocenters. The summed E-state index contributed by atoms with van der Waals surface area (Å²) in [6, 6.07) is 37.9. The van der Waals surface area contributed by atoms with Crippen molar-refractivity contribution in [3.63, 3.8) is 0 Å². The van der Waals surface area contributed by atoms with E-state index in [1.165, 1.54) is 82.8 Å². The van der Waals surface area contributed by atoms with Gasteiger partial charge in [-0.05, 0) is 106 Å². The summed E-state index contributed by atoms with van der Waals surface area (Å²) in [5.74, 6) is 0.212.